The van der Waals surface area contributed by atoms with Crippen LogP contribution in [0.1, 0.15) is 38.8 Å². The van der Waals surface area contributed by atoms with Gasteiger partial charge in [0.05, 0.1) is 5.69 Å². The maximum Gasteiger partial charge on any atom is 0.240 e. The monoisotopic (exact) mass is 276 g/mol. The molecule has 0 saturated carbocycles. The zero-order chi connectivity index (χ0) is 15.5. The Bertz CT molecular complexity index is 495. The fraction of sp³-hybridized carbons (Fsp3) is 0.500. The second-order valence-corrected chi connectivity index (χ2v) is 6.14. The van der Waals surface area contributed by atoms with E-state index in [2.05, 4.69) is 5.32 Å². The Balaban J connectivity index is 3.02. The van der Waals surface area contributed by atoms with E-state index in [1.54, 1.807) is 0 Å². The van der Waals surface area contributed by atoms with E-state index in [1.807, 2.05) is 52.8 Å². The summed E-state index contributed by atoms with van der Waals surface area (Å²) in [4.78, 5) is 25.5. The van der Waals surface area contributed by atoms with E-state index in [0.29, 0.717) is 0 Å². The number of anilines is 1. The van der Waals surface area contributed by atoms with Crippen LogP contribution >= 0.6 is 0 Å². The van der Waals surface area contributed by atoms with Gasteiger partial charge in [0.2, 0.25) is 11.8 Å². The summed E-state index contributed by atoms with van der Waals surface area (Å²) in [6.07, 6.45) is 0. The predicted octanol–water partition coefficient (Wildman–Crippen LogP) is 2.57. The van der Waals surface area contributed by atoms with Crippen LogP contribution in [0.15, 0.2) is 18.2 Å². The van der Waals surface area contributed by atoms with Gasteiger partial charge in [-0.2, -0.15) is 0 Å². The number of carbonyl (C=O) groups excluding carboxylic acids is 2. The van der Waals surface area contributed by atoms with E-state index >= 15 is 0 Å². The second-order valence-electron chi connectivity index (χ2n) is 6.14. The molecule has 0 saturated heterocycles. The molecule has 0 aliphatic carbocycles. The minimum absolute atomic E-state index is 0.0400. The smallest absolute Gasteiger partial charge is 0.240 e. The Morgan fingerprint density at radius 3 is 2.05 bits per heavy atom. The molecule has 0 spiro atoms. The molecule has 110 valence electrons. The van der Waals surface area contributed by atoms with Crippen molar-refractivity contribution in [1.82, 2.24) is 5.32 Å². The number of nitrogens with zero attached hydrogens (tertiary/aromatic N) is 1. The quantitative estimate of drug-likeness (QED) is 0.922. The van der Waals surface area contributed by atoms with Crippen LogP contribution in [0.4, 0.5) is 5.69 Å². The Kier molecular flexibility index (Phi) is 4.93. The molecule has 0 heterocycles. The van der Waals surface area contributed by atoms with Crippen LogP contribution in [0, 0.1) is 13.8 Å². The third kappa shape index (κ3) is 4.37. The Hall–Kier alpha value is -1.84. The van der Waals surface area contributed by atoms with Crippen LogP contribution < -0.4 is 10.2 Å². The number of nitrogens with one attached hydrogen (secondary N) is 1. The first kappa shape index (κ1) is 16.2. The second kappa shape index (κ2) is 6.07. The van der Waals surface area contributed by atoms with E-state index in [0.717, 1.165) is 16.8 Å². The molecule has 1 N–H and O–H groups in total. The molecule has 0 bridgehead atoms. The predicted molar refractivity (Wildman–Crippen MR) is 81.8 cm³/mol. The largest absolute Gasteiger partial charge is 0.350 e. The lowest BCUT2D eigenvalue weighted by atomic mass is 10.1. The van der Waals surface area contributed by atoms with Crippen molar-refractivity contribution >= 4 is 17.5 Å². The van der Waals surface area contributed by atoms with E-state index in [4.69, 9.17) is 0 Å². The van der Waals surface area contributed by atoms with Crippen LogP contribution in [0.5, 0.6) is 0 Å². The maximum atomic E-state index is 12.1. The lowest BCUT2D eigenvalue weighted by molar-refractivity contribution is -0.124. The third-order valence-electron chi connectivity index (χ3n) is 2.91. The van der Waals surface area contributed by atoms with Gasteiger partial charge in [-0.1, -0.05) is 18.2 Å². The summed E-state index contributed by atoms with van der Waals surface area (Å²) >= 11 is 0. The first-order valence-electron chi connectivity index (χ1n) is 6.77. The standard InChI is InChI=1S/C16H24N2O2/c1-11-8-7-9-12(2)15(11)18(13(3)19)10-14(20)17-16(4,5)6/h7-9H,10H2,1-6H3,(H,17,20). The van der Waals surface area contributed by atoms with Gasteiger partial charge in [-0.05, 0) is 45.7 Å². The Labute approximate surface area is 121 Å². The van der Waals surface area contributed by atoms with Gasteiger partial charge >= 0.3 is 0 Å². The summed E-state index contributed by atoms with van der Waals surface area (Å²) in [6.45, 7) is 11.2. The highest BCUT2D eigenvalue weighted by atomic mass is 16.2. The Morgan fingerprint density at radius 1 is 1.15 bits per heavy atom. The van der Waals surface area contributed by atoms with E-state index in [1.165, 1.54) is 11.8 Å². The normalized spacial score (nSPS) is 11.1. The molecule has 1 rings (SSSR count). The van der Waals surface area contributed by atoms with Gasteiger partial charge in [-0.25, -0.2) is 0 Å². The molecule has 0 aliphatic rings. The highest BCUT2D eigenvalue weighted by Gasteiger charge is 2.21. The number of amides is 2. The lowest BCUT2D eigenvalue weighted by Crippen LogP contribution is -2.47. The van der Waals surface area contributed by atoms with Crippen LogP contribution in [-0.4, -0.2) is 23.9 Å². The lowest BCUT2D eigenvalue weighted by Gasteiger charge is -2.27. The Morgan fingerprint density at radius 2 is 1.65 bits per heavy atom. The number of aryl methyl sites for hydroxylation is 2. The molecule has 1 aromatic rings. The van der Waals surface area contributed by atoms with Gasteiger partial charge in [0, 0.05) is 12.5 Å². The van der Waals surface area contributed by atoms with Crippen molar-refractivity contribution in [3.63, 3.8) is 0 Å². The fourth-order valence-corrected chi connectivity index (χ4v) is 2.18. The van der Waals surface area contributed by atoms with E-state index < -0.39 is 0 Å². The molecule has 4 nitrogen and oxygen atoms in total. The van der Waals surface area contributed by atoms with Crippen LogP contribution in [0.25, 0.3) is 0 Å². The highest BCUT2D eigenvalue weighted by Crippen LogP contribution is 2.24. The van der Waals surface area contributed by atoms with Crippen molar-refractivity contribution in [3.05, 3.63) is 29.3 Å². The van der Waals surface area contributed by atoms with Crippen molar-refractivity contribution < 1.29 is 9.59 Å². The van der Waals surface area contributed by atoms with Gasteiger partial charge in [0.1, 0.15) is 6.54 Å². The molecule has 4 heteroatoms. The maximum absolute atomic E-state index is 12.1. The van der Waals surface area contributed by atoms with Crippen molar-refractivity contribution in [2.24, 2.45) is 0 Å². The van der Waals surface area contributed by atoms with E-state index in [9.17, 15) is 9.59 Å². The van der Waals surface area contributed by atoms with E-state index in [-0.39, 0.29) is 23.9 Å². The van der Waals surface area contributed by atoms with Gasteiger partial charge in [-0.3, -0.25) is 9.59 Å². The van der Waals surface area contributed by atoms with Gasteiger partial charge in [0.15, 0.2) is 0 Å². The summed E-state index contributed by atoms with van der Waals surface area (Å²) in [5, 5.41) is 2.88. The summed E-state index contributed by atoms with van der Waals surface area (Å²) in [5.74, 6) is -0.290. The molecular weight excluding hydrogens is 252 g/mol. The molecular formula is C16H24N2O2. The SMILES string of the molecule is CC(=O)N(CC(=O)NC(C)(C)C)c1c(C)cccc1C. The van der Waals surface area contributed by atoms with Crippen LogP contribution in [0.3, 0.4) is 0 Å². The average Bonchev–Trinajstić information content (AvgIpc) is 2.24. The minimum Gasteiger partial charge on any atom is -0.350 e. The van der Waals surface area contributed by atoms with Crippen LogP contribution in [0.2, 0.25) is 0 Å². The highest BCUT2D eigenvalue weighted by molar-refractivity contribution is 5.98. The number of hydrogen-bond donors (Lipinski definition) is 1. The first-order chi connectivity index (χ1) is 9.11. The van der Waals surface area contributed by atoms with Crippen molar-refractivity contribution in [2.45, 2.75) is 47.1 Å². The average molecular weight is 276 g/mol. The number of hydrogen-bond acceptors (Lipinski definition) is 2. The molecule has 0 fully saturated rings. The van der Waals surface area contributed by atoms with Gasteiger partial charge in [0.25, 0.3) is 0 Å². The van der Waals surface area contributed by atoms with Gasteiger partial charge < -0.3 is 10.2 Å². The summed E-state index contributed by atoms with van der Waals surface area (Å²) in [7, 11) is 0. The topological polar surface area (TPSA) is 49.4 Å². The molecule has 0 unspecified atom stereocenters. The summed E-state index contributed by atoms with van der Waals surface area (Å²) < 4.78 is 0. The molecule has 0 aliphatic heterocycles. The molecule has 0 radical (unpaired) electrons. The first-order valence-corrected chi connectivity index (χ1v) is 6.77. The van der Waals surface area contributed by atoms with Gasteiger partial charge in [-0.15, -0.1) is 0 Å². The van der Waals surface area contributed by atoms with Crippen molar-refractivity contribution in [3.8, 4) is 0 Å². The molecule has 0 aromatic heterocycles. The molecule has 20 heavy (non-hydrogen) atoms. The zero-order valence-corrected chi connectivity index (χ0v) is 13.2. The fourth-order valence-electron chi connectivity index (χ4n) is 2.18. The number of carbonyl (C=O) groups is 2. The molecule has 0 atom stereocenters. The van der Waals surface area contributed by atoms with Crippen molar-refractivity contribution in [2.75, 3.05) is 11.4 Å². The van der Waals surface area contributed by atoms with Crippen molar-refractivity contribution in [1.29, 1.82) is 0 Å². The third-order valence-corrected chi connectivity index (χ3v) is 2.91. The number of rotatable bonds is 3. The number of benzene rings is 1. The van der Waals surface area contributed by atoms with Crippen LogP contribution in [-0.2, 0) is 9.59 Å². The summed E-state index contributed by atoms with van der Waals surface area (Å²) in [6, 6.07) is 5.83. The summed E-state index contributed by atoms with van der Waals surface area (Å²) in [5.41, 5.74) is 2.50. The minimum atomic E-state index is -0.305. The molecule has 1 aromatic carbocycles. The number of para-hydroxylation sites is 1. The zero-order valence-electron chi connectivity index (χ0n) is 13.2. The molecule has 2 amide bonds.